The lowest BCUT2D eigenvalue weighted by atomic mass is 10.1. The summed E-state index contributed by atoms with van der Waals surface area (Å²) in [6, 6.07) is 8.37. The molecule has 9 nitrogen and oxygen atoms in total. The van der Waals surface area contributed by atoms with Crippen molar-refractivity contribution in [2.75, 3.05) is 16.8 Å². The lowest BCUT2D eigenvalue weighted by molar-refractivity contribution is -0.0618. The molecule has 0 unspecified atom stereocenters. The van der Waals surface area contributed by atoms with Gasteiger partial charge in [0.25, 0.3) is 0 Å². The molecule has 0 spiro atoms. The van der Waals surface area contributed by atoms with E-state index in [1.165, 1.54) is 4.90 Å². The van der Waals surface area contributed by atoms with Gasteiger partial charge >= 0.3 is 6.09 Å². The maximum atomic E-state index is 12.5. The van der Waals surface area contributed by atoms with Crippen molar-refractivity contribution in [1.82, 2.24) is 15.0 Å². The Morgan fingerprint density at radius 1 is 1.18 bits per heavy atom. The smallest absolute Gasteiger partial charge is 0.416 e. The van der Waals surface area contributed by atoms with Crippen LogP contribution >= 0.6 is 11.6 Å². The Morgan fingerprint density at radius 3 is 2.62 bits per heavy atom. The second-order valence-electron chi connectivity index (χ2n) is 9.12. The first-order chi connectivity index (χ1) is 16.1. The van der Waals surface area contributed by atoms with E-state index in [9.17, 15) is 4.79 Å². The number of amides is 1. The quantitative estimate of drug-likeness (QED) is 0.468. The van der Waals surface area contributed by atoms with Crippen LogP contribution in [0.5, 0.6) is 0 Å². The maximum absolute atomic E-state index is 12.5. The number of nitrogens with zero attached hydrogens (tertiary/aromatic N) is 4. The molecule has 0 radical (unpaired) electrons. The molecule has 34 heavy (non-hydrogen) atoms. The van der Waals surface area contributed by atoms with Crippen LogP contribution in [0.15, 0.2) is 47.1 Å². The third-order valence-corrected chi connectivity index (χ3v) is 5.50. The zero-order valence-corrected chi connectivity index (χ0v) is 20.5. The number of anilines is 2. The summed E-state index contributed by atoms with van der Waals surface area (Å²) in [6.45, 7) is 9.96. The van der Waals surface area contributed by atoms with Crippen LogP contribution in [0.4, 0.5) is 16.6 Å². The van der Waals surface area contributed by atoms with Gasteiger partial charge in [-0.05, 0) is 65.0 Å². The van der Waals surface area contributed by atoms with E-state index in [1.807, 2.05) is 46.8 Å². The Bertz CT molecular complexity index is 1140. The number of benzene rings is 1. The minimum atomic E-state index is -0.465. The standard InChI is InChI=1S/C24H28ClN5O4/c1-14(21-27-12-19(33-21)16-6-8-17(25)9-7-16)28-22-26-11-10-20(29-22)30-18(13-32-23(30)31)15(2)34-24(3,4)5/h6-12,14-15,18H,13H2,1-5H3,(H,26,28,29)/t14-,15+,18+/m0/s1. The maximum Gasteiger partial charge on any atom is 0.416 e. The predicted molar refractivity (Wildman–Crippen MR) is 129 cm³/mol. The molecule has 4 rings (SSSR count). The highest BCUT2D eigenvalue weighted by Crippen LogP contribution is 2.28. The monoisotopic (exact) mass is 485 g/mol. The highest BCUT2D eigenvalue weighted by Gasteiger charge is 2.40. The van der Waals surface area contributed by atoms with E-state index in [4.69, 9.17) is 25.5 Å². The van der Waals surface area contributed by atoms with Crippen LogP contribution in [0.25, 0.3) is 11.3 Å². The number of aromatic nitrogens is 3. The van der Waals surface area contributed by atoms with Crippen LogP contribution in [0.1, 0.15) is 46.6 Å². The summed E-state index contributed by atoms with van der Waals surface area (Å²) in [7, 11) is 0. The summed E-state index contributed by atoms with van der Waals surface area (Å²) < 4.78 is 17.3. The fraction of sp³-hybridized carbons (Fsp3) is 0.417. The van der Waals surface area contributed by atoms with Crippen LogP contribution in [-0.2, 0) is 9.47 Å². The van der Waals surface area contributed by atoms with Gasteiger partial charge in [-0.3, -0.25) is 4.90 Å². The number of oxazole rings is 1. The van der Waals surface area contributed by atoms with Crippen LogP contribution in [0, 0.1) is 0 Å². The number of ether oxygens (including phenoxy) is 2. The molecule has 3 aromatic rings. The van der Waals surface area contributed by atoms with Crippen molar-refractivity contribution < 1.29 is 18.7 Å². The van der Waals surface area contributed by atoms with Crippen molar-refractivity contribution in [3.8, 4) is 11.3 Å². The fourth-order valence-electron chi connectivity index (χ4n) is 3.72. The fourth-order valence-corrected chi connectivity index (χ4v) is 3.85. The van der Waals surface area contributed by atoms with Crippen molar-refractivity contribution in [1.29, 1.82) is 0 Å². The van der Waals surface area contributed by atoms with Gasteiger partial charge in [0.1, 0.15) is 24.5 Å². The molecule has 0 aliphatic carbocycles. The number of carbonyl (C=O) groups excluding carboxylic acids is 1. The zero-order valence-electron chi connectivity index (χ0n) is 19.8. The average Bonchev–Trinajstić information content (AvgIpc) is 3.40. The lowest BCUT2D eigenvalue weighted by Crippen LogP contribution is -2.45. The molecule has 1 aromatic carbocycles. The predicted octanol–water partition coefficient (Wildman–Crippen LogP) is 5.49. The Kier molecular flexibility index (Phi) is 6.77. The van der Waals surface area contributed by atoms with Gasteiger partial charge < -0.3 is 19.2 Å². The summed E-state index contributed by atoms with van der Waals surface area (Å²) in [4.78, 5) is 27.2. The highest BCUT2D eigenvalue weighted by molar-refractivity contribution is 6.30. The van der Waals surface area contributed by atoms with Crippen molar-refractivity contribution in [3.05, 3.63) is 53.6 Å². The lowest BCUT2D eigenvalue weighted by Gasteiger charge is -2.31. The molecular formula is C24H28ClN5O4. The van der Waals surface area contributed by atoms with E-state index < -0.39 is 6.09 Å². The van der Waals surface area contributed by atoms with Crippen LogP contribution in [0.3, 0.4) is 0 Å². The Balaban J connectivity index is 1.49. The second-order valence-corrected chi connectivity index (χ2v) is 9.56. The van der Waals surface area contributed by atoms with E-state index in [2.05, 4.69) is 20.3 Å². The summed E-state index contributed by atoms with van der Waals surface area (Å²) in [6.07, 6.45) is 2.53. The van der Waals surface area contributed by atoms with E-state index in [-0.39, 0.29) is 30.4 Å². The SMILES string of the molecule is C[C@H](Nc1nccc(N2C(=O)OC[C@@H]2[C@@H](C)OC(C)(C)C)n1)c1ncc(-c2ccc(Cl)cc2)o1. The van der Waals surface area contributed by atoms with Gasteiger partial charge in [-0.1, -0.05) is 11.6 Å². The van der Waals surface area contributed by atoms with Gasteiger partial charge in [-0.25, -0.2) is 14.8 Å². The Labute approximate surface area is 203 Å². The summed E-state index contributed by atoms with van der Waals surface area (Å²) in [5.41, 5.74) is 0.518. The first kappa shape index (κ1) is 24.0. The highest BCUT2D eigenvalue weighted by atomic mass is 35.5. The number of nitrogens with one attached hydrogen (secondary N) is 1. The zero-order chi connectivity index (χ0) is 24.5. The Hall–Kier alpha value is -3.17. The molecule has 0 saturated carbocycles. The molecule has 1 N–H and O–H groups in total. The molecule has 2 aromatic heterocycles. The van der Waals surface area contributed by atoms with Crippen molar-refractivity contribution in [2.24, 2.45) is 0 Å². The molecule has 10 heteroatoms. The van der Waals surface area contributed by atoms with Crippen LogP contribution in [-0.4, -0.2) is 45.4 Å². The Morgan fingerprint density at radius 2 is 1.91 bits per heavy atom. The van der Waals surface area contributed by atoms with Crippen LogP contribution < -0.4 is 10.2 Å². The van der Waals surface area contributed by atoms with Crippen LogP contribution in [0.2, 0.25) is 5.02 Å². The van der Waals surface area contributed by atoms with E-state index in [0.717, 1.165) is 5.56 Å². The first-order valence-corrected chi connectivity index (χ1v) is 11.4. The van der Waals surface area contributed by atoms with Crippen molar-refractivity contribution in [2.45, 2.75) is 58.4 Å². The average molecular weight is 486 g/mol. The molecular weight excluding hydrogens is 458 g/mol. The van der Waals surface area contributed by atoms with Gasteiger partial charge in [-0.15, -0.1) is 0 Å². The molecule has 1 amide bonds. The van der Waals surface area contributed by atoms with Gasteiger partial charge in [-0.2, -0.15) is 4.98 Å². The number of hydrogen-bond acceptors (Lipinski definition) is 8. The van der Waals surface area contributed by atoms with Gasteiger partial charge in [0.05, 0.1) is 17.9 Å². The van der Waals surface area contributed by atoms with Gasteiger partial charge in [0, 0.05) is 16.8 Å². The molecule has 3 heterocycles. The summed E-state index contributed by atoms with van der Waals surface area (Å²) in [5.74, 6) is 1.87. The minimum absolute atomic E-state index is 0.225. The first-order valence-electron chi connectivity index (χ1n) is 11.1. The molecule has 1 fully saturated rings. The summed E-state index contributed by atoms with van der Waals surface area (Å²) in [5, 5.41) is 3.84. The van der Waals surface area contributed by atoms with Crippen molar-refractivity contribution >= 4 is 29.5 Å². The van der Waals surface area contributed by atoms with E-state index in [1.54, 1.807) is 30.6 Å². The molecule has 3 atom stereocenters. The molecule has 0 bridgehead atoms. The molecule has 1 aliphatic heterocycles. The number of cyclic esters (lactones) is 1. The van der Waals surface area contributed by atoms with E-state index in [0.29, 0.717) is 28.4 Å². The number of rotatable bonds is 7. The third-order valence-electron chi connectivity index (χ3n) is 5.24. The van der Waals surface area contributed by atoms with Crippen molar-refractivity contribution in [3.63, 3.8) is 0 Å². The normalized spacial score (nSPS) is 18.0. The molecule has 1 saturated heterocycles. The topological polar surface area (TPSA) is 103 Å². The summed E-state index contributed by atoms with van der Waals surface area (Å²) >= 11 is 5.96. The minimum Gasteiger partial charge on any atom is -0.447 e. The van der Waals surface area contributed by atoms with E-state index >= 15 is 0 Å². The van der Waals surface area contributed by atoms with Gasteiger partial charge in [0.2, 0.25) is 11.8 Å². The van der Waals surface area contributed by atoms with Gasteiger partial charge in [0.15, 0.2) is 5.76 Å². The number of carbonyl (C=O) groups is 1. The number of halogens is 1. The molecule has 180 valence electrons. The largest absolute Gasteiger partial charge is 0.447 e. The molecule has 1 aliphatic rings. The number of hydrogen-bond donors (Lipinski definition) is 1. The third kappa shape index (κ3) is 5.48. The second kappa shape index (κ2) is 9.60.